The Hall–Kier alpha value is -3.49. The third kappa shape index (κ3) is 10.2. The van der Waals surface area contributed by atoms with Gasteiger partial charge < -0.3 is 4.98 Å². The number of aromatic nitrogens is 1. The van der Waals surface area contributed by atoms with Gasteiger partial charge in [-0.3, -0.25) is 4.39 Å². The van der Waals surface area contributed by atoms with Crippen molar-refractivity contribution in [3.8, 4) is 0 Å². The number of nitrogens with one attached hydrogen (secondary N) is 2. The van der Waals surface area contributed by atoms with E-state index >= 15 is 0 Å². The van der Waals surface area contributed by atoms with Gasteiger partial charge in [0, 0.05) is 15.4 Å². The Bertz CT molecular complexity index is 2510. The summed E-state index contributed by atoms with van der Waals surface area (Å²) in [5, 5.41) is 0.136. The molecule has 24 heteroatoms. The van der Waals surface area contributed by atoms with E-state index in [1.165, 1.54) is 12.1 Å². The number of aromatic amines is 1. The summed E-state index contributed by atoms with van der Waals surface area (Å²) in [6.45, 7) is 0. The van der Waals surface area contributed by atoms with Crippen LogP contribution in [0.25, 0.3) is 10.9 Å². The third-order valence-electron chi connectivity index (χ3n) is 9.53. The molecule has 0 saturated heterocycles. The predicted molar refractivity (Wildman–Crippen MR) is 234 cm³/mol. The second kappa shape index (κ2) is 19.6. The van der Waals surface area contributed by atoms with E-state index < -0.39 is 65.8 Å². The molecule has 5 aromatic carbocycles. The minimum absolute atomic E-state index is 0.0129. The molecular formula is C41H27Br3Cl2F15N2OP. The van der Waals surface area contributed by atoms with Crippen molar-refractivity contribution in [2.24, 2.45) is 0 Å². The normalized spacial score (nSPS) is 13.7. The number of rotatable bonds is 10. The molecule has 1 aromatic heterocycles. The fourth-order valence-electron chi connectivity index (χ4n) is 6.26. The maximum absolute atomic E-state index is 14.4. The van der Waals surface area contributed by atoms with Crippen LogP contribution in [0.1, 0.15) is 12.6 Å². The minimum Gasteiger partial charge on any atom is -0.255 e. The summed E-state index contributed by atoms with van der Waals surface area (Å²) in [5.41, 5.74) is -1.95. The summed E-state index contributed by atoms with van der Waals surface area (Å²) >= 11 is 22.3. The van der Waals surface area contributed by atoms with E-state index in [0.29, 0.717) is 6.07 Å². The molecular weight excluding hydrogens is 1160 g/mol. The number of hydrogen-bond acceptors (Lipinski definition) is 1. The average Bonchev–Trinajstić information content (AvgIpc) is 3.66. The summed E-state index contributed by atoms with van der Waals surface area (Å²) < 4.78 is 200. The summed E-state index contributed by atoms with van der Waals surface area (Å²) in [4.78, 5) is 14.3. The number of benzene rings is 5. The van der Waals surface area contributed by atoms with Crippen molar-refractivity contribution >= 4 is 114 Å². The van der Waals surface area contributed by atoms with Crippen molar-refractivity contribution in [1.82, 2.24) is 4.98 Å². The predicted octanol–water partition coefficient (Wildman–Crippen LogP) is 15.7. The maximum atomic E-state index is 14.4. The van der Waals surface area contributed by atoms with Gasteiger partial charge in [0.25, 0.3) is 0 Å². The summed E-state index contributed by atoms with van der Waals surface area (Å²) in [6.07, 6.45) is -13.1. The van der Waals surface area contributed by atoms with Gasteiger partial charge in [0.15, 0.2) is 0 Å². The first-order valence-corrected chi connectivity index (χ1v) is 24.3. The first-order valence-electron chi connectivity index (χ1n) is 18.2. The molecule has 0 fully saturated rings. The summed E-state index contributed by atoms with van der Waals surface area (Å²) in [5.74, 6) is -27.2. The average molecular weight is 1190 g/mol. The molecule has 0 atom stereocenters. The number of amides is 1. The van der Waals surface area contributed by atoms with Gasteiger partial charge in [0.1, 0.15) is 0 Å². The quantitative estimate of drug-likeness (QED) is 0.104. The molecule has 0 aliphatic carbocycles. The molecule has 2 N–H and O–H groups in total. The van der Waals surface area contributed by atoms with Crippen molar-refractivity contribution in [1.29, 1.82) is 0 Å². The Labute approximate surface area is 395 Å². The molecule has 6 aromatic rings. The van der Waals surface area contributed by atoms with Gasteiger partial charge in [-0.15, -0.1) is 0 Å². The van der Waals surface area contributed by atoms with Crippen molar-refractivity contribution in [3.05, 3.63) is 152 Å². The fourth-order valence-corrected chi connectivity index (χ4v) is 15.0. The standard InChI is InChI=1S/C29H20Br2ClF7NOP.C11H4BrClF7N.CH3F/c30-23-16-19(25(17-24(23)32)40-26(41)27(33,34)28(35,36)29(37,38)39)18-42(31,20-10-4-1-5-11-20,21-12-6-2-7-13-21)22-14-8-3-9-15-22;12-5-1-4-2-8(21-7(4)3-6(5)13)9(14,15)10(16,17)11(18,19)20;1-2/h1-17H,18H2,(H,40,41);1-3,21H;1H3/i;;1D. The first kappa shape index (κ1) is 52.5. The molecule has 65 heavy (non-hydrogen) atoms. The second-order valence-electron chi connectivity index (χ2n) is 13.6. The monoisotopic (exact) mass is 1190 g/mol. The maximum Gasteiger partial charge on any atom is 0.0785 e. The Kier molecular flexibility index (Phi) is 15.8. The van der Waals surface area contributed by atoms with Crippen LogP contribution in [-0.4, -0.2) is 48.2 Å². The van der Waals surface area contributed by atoms with E-state index in [4.69, 9.17) is 24.6 Å². The topological polar surface area (TPSA) is 44.9 Å². The fraction of sp³-hybridized carbons (Fsp3) is 0.195. The number of halogens is 20. The number of anilines is 1. The smallest absolute Gasteiger partial charge is 0.0785 e. The molecule has 0 aliphatic rings. The van der Waals surface area contributed by atoms with Crippen LogP contribution in [0.15, 0.2) is 130 Å². The van der Waals surface area contributed by atoms with E-state index in [2.05, 4.69) is 47.3 Å². The van der Waals surface area contributed by atoms with E-state index in [0.717, 1.165) is 28.0 Å². The van der Waals surface area contributed by atoms with E-state index in [-0.39, 0.29) is 41.6 Å². The molecule has 1 heterocycles. The second-order valence-corrected chi connectivity index (χ2v) is 25.0. The number of H-pyrrole nitrogens is 1. The van der Waals surface area contributed by atoms with E-state index in [9.17, 15) is 70.7 Å². The van der Waals surface area contributed by atoms with Crippen molar-refractivity contribution in [2.45, 2.75) is 42.2 Å². The zero-order chi connectivity index (χ0) is 49.9. The van der Waals surface area contributed by atoms with E-state index in [1.807, 2.05) is 77.8 Å². The number of carbonyl (C=O) groups is 1. The van der Waals surface area contributed by atoms with Gasteiger partial charge in [-0.2, -0.15) is 30.7 Å². The van der Waals surface area contributed by atoms with Crippen LogP contribution in [0.3, 0.4) is 0 Å². The van der Waals surface area contributed by atoms with Gasteiger partial charge >= 0.3 is 277 Å². The molecule has 0 bridgehead atoms. The van der Waals surface area contributed by atoms with Crippen LogP contribution in [0.5, 0.6) is 0 Å². The molecule has 0 aliphatic heterocycles. The Balaban J connectivity index is 0.000000331. The molecule has 0 unspecified atom stereocenters. The van der Waals surface area contributed by atoms with E-state index in [1.54, 1.807) is 23.5 Å². The van der Waals surface area contributed by atoms with Crippen LogP contribution in [0.2, 0.25) is 10.0 Å². The number of alkyl halides is 15. The van der Waals surface area contributed by atoms with Gasteiger partial charge in [0.2, 0.25) is 0 Å². The molecule has 0 radical (unpaired) electrons. The van der Waals surface area contributed by atoms with Crippen LogP contribution in [-0.2, 0) is 16.9 Å². The third-order valence-corrected chi connectivity index (χ3v) is 21.4. The summed E-state index contributed by atoms with van der Waals surface area (Å²) in [6, 6.07) is 32.8. The summed E-state index contributed by atoms with van der Waals surface area (Å²) in [7, 11) is -1.00. The van der Waals surface area contributed by atoms with Gasteiger partial charge in [0.05, 0.1) is 19.2 Å². The molecule has 352 valence electrons. The number of fused-ring (bicyclic) bond motifs is 1. The number of hydrogen-bond donors (Lipinski definition) is 2. The molecule has 3 nitrogen and oxygen atoms in total. The van der Waals surface area contributed by atoms with Gasteiger partial charge in [-0.25, -0.2) is 0 Å². The van der Waals surface area contributed by atoms with Crippen molar-refractivity contribution in [2.75, 3.05) is 12.5 Å². The largest absolute Gasteiger partial charge is 0.255 e. The minimum atomic E-state index is -6.68. The molecule has 0 saturated carbocycles. The Morgan fingerprint density at radius 1 is 0.646 bits per heavy atom. The van der Waals surface area contributed by atoms with Crippen molar-refractivity contribution < 1.29 is 72.0 Å². The molecule has 6 rings (SSSR count). The van der Waals surface area contributed by atoms with Crippen LogP contribution in [0.4, 0.5) is 71.5 Å². The van der Waals surface area contributed by atoms with Crippen LogP contribution >= 0.6 is 75.9 Å². The first-order chi connectivity index (χ1) is 30.3. The Morgan fingerprint density at radius 3 is 1.46 bits per heavy atom. The zero-order valence-electron chi connectivity index (χ0n) is 32.9. The van der Waals surface area contributed by atoms with Gasteiger partial charge in [-0.05, 0) is 34.1 Å². The van der Waals surface area contributed by atoms with Crippen LogP contribution in [0, 0.1) is 0 Å². The Morgan fingerprint density at radius 2 is 1.05 bits per heavy atom. The number of carbonyl (C=O) groups excluding carboxylic acids is 1. The van der Waals surface area contributed by atoms with Gasteiger partial charge in [-0.1, -0.05) is 11.6 Å². The van der Waals surface area contributed by atoms with Crippen LogP contribution < -0.4 is 21.2 Å². The SMILES string of the molecule is FC(F)(F)C(F)(F)C(F)(F)c1cc2cc(Br)c(Cl)cc2[nH]1.O=C(Nc1cc(Cl)c(Br)cc1CP(Br)(c1ccccc1)(c1ccccc1)c1ccccc1)C(F)(F)C(F)(F)C(F)(F)F.[2H]CF. The zero-order valence-corrected chi connectivity index (χ0v) is 39.0. The molecule has 0 spiro atoms. The molecule has 1 amide bonds. The van der Waals surface area contributed by atoms with Crippen molar-refractivity contribution in [3.63, 3.8) is 0 Å².